The van der Waals surface area contributed by atoms with Gasteiger partial charge in [-0.15, -0.1) is 12.4 Å². The Hall–Kier alpha value is -1.42. The molecule has 2 heterocycles. The van der Waals surface area contributed by atoms with E-state index in [4.69, 9.17) is 0 Å². The van der Waals surface area contributed by atoms with E-state index in [9.17, 15) is 0 Å². The SMILES string of the molecule is Cc1ccccc1CN(Cc1ccccn1)C1CCCNCC1.Cl. The summed E-state index contributed by atoms with van der Waals surface area (Å²) in [7, 11) is 0. The Morgan fingerprint density at radius 1 is 1.04 bits per heavy atom. The Morgan fingerprint density at radius 2 is 1.88 bits per heavy atom. The van der Waals surface area contributed by atoms with Gasteiger partial charge in [0.15, 0.2) is 0 Å². The van der Waals surface area contributed by atoms with Crippen LogP contribution in [0.25, 0.3) is 0 Å². The van der Waals surface area contributed by atoms with Crippen LogP contribution >= 0.6 is 12.4 Å². The Labute approximate surface area is 151 Å². The third-order valence-corrected chi connectivity index (χ3v) is 4.79. The molecule has 1 N–H and O–H groups in total. The molecule has 24 heavy (non-hydrogen) atoms. The molecule has 0 bridgehead atoms. The average molecular weight is 346 g/mol. The molecule has 1 aliphatic heterocycles. The molecule has 1 aromatic carbocycles. The molecular formula is C20H28ClN3. The van der Waals surface area contributed by atoms with Crippen molar-refractivity contribution in [3.8, 4) is 0 Å². The third-order valence-electron chi connectivity index (χ3n) is 4.79. The van der Waals surface area contributed by atoms with Crippen molar-refractivity contribution in [3.05, 3.63) is 65.5 Å². The number of benzene rings is 1. The smallest absolute Gasteiger partial charge is 0.0544 e. The molecule has 0 radical (unpaired) electrons. The van der Waals surface area contributed by atoms with E-state index in [-0.39, 0.29) is 12.4 Å². The van der Waals surface area contributed by atoms with E-state index in [1.54, 1.807) is 0 Å². The number of aryl methyl sites for hydroxylation is 1. The largest absolute Gasteiger partial charge is 0.317 e. The fourth-order valence-electron chi connectivity index (χ4n) is 3.39. The number of aromatic nitrogens is 1. The van der Waals surface area contributed by atoms with Crippen molar-refractivity contribution in [2.24, 2.45) is 0 Å². The van der Waals surface area contributed by atoms with Gasteiger partial charge in [-0.25, -0.2) is 0 Å². The average Bonchev–Trinajstić information content (AvgIpc) is 2.86. The molecule has 1 fully saturated rings. The summed E-state index contributed by atoms with van der Waals surface area (Å²) < 4.78 is 0. The zero-order chi connectivity index (χ0) is 15.9. The van der Waals surface area contributed by atoms with Crippen LogP contribution in [0.3, 0.4) is 0 Å². The Balaban J connectivity index is 0.00000208. The lowest BCUT2D eigenvalue weighted by atomic mass is 10.0. The molecule has 1 unspecified atom stereocenters. The number of rotatable bonds is 5. The van der Waals surface area contributed by atoms with Crippen LogP contribution in [0.2, 0.25) is 0 Å². The maximum Gasteiger partial charge on any atom is 0.0544 e. The second-order valence-corrected chi connectivity index (χ2v) is 6.49. The number of hydrogen-bond donors (Lipinski definition) is 1. The van der Waals surface area contributed by atoms with Gasteiger partial charge in [0.25, 0.3) is 0 Å². The lowest BCUT2D eigenvalue weighted by Gasteiger charge is -2.31. The normalized spacial score (nSPS) is 18.0. The highest BCUT2D eigenvalue weighted by molar-refractivity contribution is 5.85. The van der Waals surface area contributed by atoms with Gasteiger partial charge in [-0.3, -0.25) is 9.88 Å². The molecule has 0 spiro atoms. The Kier molecular flexibility index (Phi) is 7.70. The molecule has 2 aromatic rings. The van der Waals surface area contributed by atoms with E-state index in [2.05, 4.69) is 58.5 Å². The van der Waals surface area contributed by atoms with Crippen molar-refractivity contribution in [3.63, 3.8) is 0 Å². The first kappa shape index (κ1) is 18.9. The van der Waals surface area contributed by atoms with Crippen molar-refractivity contribution in [1.82, 2.24) is 15.2 Å². The van der Waals surface area contributed by atoms with Crippen LogP contribution in [0, 0.1) is 6.92 Å². The zero-order valence-corrected chi connectivity index (χ0v) is 15.3. The maximum atomic E-state index is 4.54. The van der Waals surface area contributed by atoms with E-state index < -0.39 is 0 Å². The number of pyridine rings is 1. The minimum atomic E-state index is 0. The fourth-order valence-corrected chi connectivity index (χ4v) is 3.39. The van der Waals surface area contributed by atoms with E-state index >= 15 is 0 Å². The lowest BCUT2D eigenvalue weighted by Crippen LogP contribution is -2.35. The molecule has 0 amide bonds. The van der Waals surface area contributed by atoms with Crippen LogP contribution in [0.1, 0.15) is 36.1 Å². The molecule has 3 nitrogen and oxygen atoms in total. The second-order valence-electron chi connectivity index (χ2n) is 6.49. The number of halogens is 1. The van der Waals surface area contributed by atoms with Gasteiger partial charge in [-0.1, -0.05) is 30.3 Å². The number of nitrogens with one attached hydrogen (secondary N) is 1. The van der Waals surface area contributed by atoms with Crippen molar-refractivity contribution >= 4 is 12.4 Å². The molecule has 1 aromatic heterocycles. The molecule has 0 aliphatic carbocycles. The van der Waals surface area contributed by atoms with Crippen molar-refractivity contribution in [2.75, 3.05) is 13.1 Å². The van der Waals surface area contributed by atoms with Crippen LogP contribution in [0.15, 0.2) is 48.7 Å². The van der Waals surface area contributed by atoms with Gasteiger partial charge in [-0.2, -0.15) is 0 Å². The standard InChI is InChI=1S/C20H27N3.ClH/c1-17-7-2-3-8-18(17)15-23(16-19-9-4-5-13-22-19)20-10-6-12-21-14-11-20;/h2-5,7-9,13,20-21H,6,10-12,14-16H2,1H3;1H. The fraction of sp³-hybridized carbons (Fsp3) is 0.450. The lowest BCUT2D eigenvalue weighted by molar-refractivity contribution is 0.162. The van der Waals surface area contributed by atoms with Crippen molar-refractivity contribution in [1.29, 1.82) is 0 Å². The highest BCUT2D eigenvalue weighted by Gasteiger charge is 2.21. The molecule has 3 rings (SSSR count). The molecule has 1 aliphatic rings. The molecule has 1 atom stereocenters. The van der Waals surface area contributed by atoms with Gasteiger partial charge in [0.1, 0.15) is 0 Å². The molecular weight excluding hydrogens is 318 g/mol. The summed E-state index contributed by atoms with van der Waals surface area (Å²) in [5.74, 6) is 0. The van der Waals surface area contributed by atoms with E-state index in [1.165, 1.54) is 36.1 Å². The summed E-state index contributed by atoms with van der Waals surface area (Å²) in [6.07, 6.45) is 5.65. The minimum absolute atomic E-state index is 0. The van der Waals surface area contributed by atoms with Crippen LogP contribution in [0.4, 0.5) is 0 Å². The summed E-state index contributed by atoms with van der Waals surface area (Å²) >= 11 is 0. The summed E-state index contributed by atoms with van der Waals surface area (Å²) in [4.78, 5) is 7.17. The number of hydrogen-bond acceptors (Lipinski definition) is 3. The highest BCUT2D eigenvalue weighted by atomic mass is 35.5. The third kappa shape index (κ3) is 5.30. The summed E-state index contributed by atoms with van der Waals surface area (Å²) in [5.41, 5.74) is 3.98. The molecule has 4 heteroatoms. The van der Waals surface area contributed by atoms with Crippen LogP contribution in [0.5, 0.6) is 0 Å². The van der Waals surface area contributed by atoms with Crippen LogP contribution in [-0.2, 0) is 13.1 Å². The summed E-state index contributed by atoms with van der Waals surface area (Å²) in [6.45, 7) is 6.42. The van der Waals surface area contributed by atoms with Crippen molar-refractivity contribution < 1.29 is 0 Å². The maximum absolute atomic E-state index is 4.54. The van der Waals surface area contributed by atoms with E-state index in [1.807, 2.05) is 12.3 Å². The first-order valence-electron chi connectivity index (χ1n) is 8.72. The first-order chi connectivity index (χ1) is 11.3. The first-order valence-corrected chi connectivity index (χ1v) is 8.72. The molecule has 130 valence electrons. The van der Waals surface area contributed by atoms with E-state index in [0.717, 1.165) is 26.2 Å². The van der Waals surface area contributed by atoms with Crippen LogP contribution < -0.4 is 5.32 Å². The predicted molar refractivity (Wildman–Crippen MR) is 102 cm³/mol. The van der Waals surface area contributed by atoms with Gasteiger partial charge >= 0.3 is 0 Å². The Bertz CT molecular complexity index is 595. The summed E-state index contributed by atoms with van der Waals surface area (Å²) in [6, 6.07) is 15.6. The number of nitrogens with zero attached hydrogens (tertiary/aromatic N) is 2. The van der Waals surface area contributed by atoms with E-state index in [0.29, 0.717) is 6.04 Å². The highest BCUT2D eigenvalue weighted by Crippen LogP contribution is 2.20. The molecule has 0 saturated carbocycles. The van der Waals surface area contributed by atoms with Gasteiger partial charge in [-0.05, 0) is 62.5 Å². The van der Waals surface area contributed by atoms with Crippen LogP contribution in [-0.4, -0.2) is 29.0 Å². The monoisotopic (exact) mass is 345 g/mol. The topological polar surface area (TPSA) is 28.2 Å². The second kappa shape index (κ2) is 9.77. The summed E-state index contributed by atoms with van der Waals surface area (Å²) in [5, 5.41) is 3.53. The zero-order valence-electron chi connectivity index (χ0n) is 14.4. The van der Waals surface area contributed by atoms with Gasteiger partial charge in [0.2, 0.25) is 0 Å². The minimum Gasteiger partial charge on any atom is -0.317 e. The molecule has 1 saturated heterocycles. The van der Waals surface area contributed by atoms with Gasteiger partial charge in [0, 0.05) is 25.3 Å². The van der Waals surface area contributed by atoms with Gasteiger partial charge in [0.05, 0.1) is 5.69 Å². The van der Waals surface area contributed by atoms with Gasteiger partial charge < -0.3 is 5.32 Å². The predicted octanol–water partition coefficient (Wildman–Crippen LogP) is 3.96. The quantitative estimate of drug-likeness (QED) is 0.889. The Morgan fingerprint density at radius 3 is 2.67 bits per heavy atom. The van der Waals surface area contributed by atoms with Crippen molar-refractivity contribution in [2.45, 2.75) is 45.3 Å².